The minimum Gasteiger partial charge on any atom is -0.453 e. The maximum Gasteiger partial charge on any atom is 0.307 e. The van der Waals surface area contributed by atoms with Crippen LogP contribution in [-0.4, -0.2) is 29.8 Å². The van der Waals surface area contributed by atoms with Crippen LogP contribution in [0, 0.1) is 0 Å². The second-order valence-corrected chi connectivity index (χ2v) is 8.31. The average molecular weight is 422 g/mol. The van der Waals surface area contributed by atoms with Gasteiger partial charge in [-0.1, -0.05) is 41.9 Å². The van der Waals surface area contributed by atoms with Gasteiger partial charge in [0, 0.05) is 12.5 Å². The predicted molar refractivity (Wildman–Crippen MR) is 111 cm³/mol. The molecule has 28 heavy (non-hydrogen) atoms. The second kappa shape index (κ2) is 11.0. The summed E-state index contributed by atoms with van der Waals surface area (Å²) in [6.07, 6.45) is 0.685. The van der Waals surface area contributed by atoms with E-state index < -0.39 is 12.1 Å². The molecule has 0 aliphatic rings. The summed E-state index contributed by atoms with van der Waals surface area (Å²) in [4.78, 5) is 36.6. The lowest BCUT2D eigenvalue weighted by Crippen LogP contribution is -2.41. The first-order valence-corrected chi connectivity index (χ1v) is 10.4. The third-order valence-corrected chi connectivity index (χ3v) is 5.45. The van der Waals surface area contributed by atoms with Crippen LogP contribution in [-0.2, 0) is 20.7 Å². The van der Waals surface area contributed by atoms with E-state index in [0.717, 1.165) is 12.8 Å². The van der Waals surface area contributed by atoms with Crippen LogP contribution >= 0.6 is 22.9 Å². The molecule has 0 saturated carbocycles. The van der Waals surface area contributed by atoms with E-state index in [9.17, 15) is 14.4 Å². The molecule has 1 aromatic carbocycles. The van der Waals surface area contributed by atoms with Gasteiger partial charge in [-0.3, -0.25) is 14.4 Å². The predicted octanol–water partition coefficient (Wildman–Crippen LogP) is 4.43. The fraction of sp³-hybridized carbons (Fsp3) is 0.381. The van der Waals surface area contributed by atoms with Crippen molar-refractivity contribution in [2.24, 2.45) is 0 Å². The number of nitrogens with one attached hydrogen (secondary N) is 1. The highest BCUT2D eigenvalue weighted by Gasteiger charge is 2.20. The summed E-state index contributed by atoms with van der Waals surface area (Å²) in [5.74, 6) is -1.08. The molecule has 2 atom stereocenters. The number of carbonyl (C=O) groups excluding carboxylic acids is 3. The number of hydrogen-bond acceptors (Lipinski definition) is 5. The number of aryl methyl sites for hydroxylation is 1. The number of ether oxygens (including phenoxy) is 1. The number of carbonyl (C=O) groups is 3. The number of ketones is 1. The Kier molecular flexibility index (Phi) is 8.67. The van der Waals surface area contributed by atoms with E-state index in [1.807, 2.05) is 37.3 Å². The first kappa shape index (κ1) is 22.1. The zero-order valence-corrected chi connectivity index (χ0v) is 17.5. The molecule has 0 unspecified atom stereocenters. The van der Waals surface area contributed by atoms with Gasteiger partial charge in [0.05, 0.1) is 15.6 Å². The van der Waals surface area contributed by atoms with Gasteiger partial charge in [0.1, 0.15) is 0 Å². The summed E-state index contributed by atoms with van der Waals surface area (Å²) >= 11 is 6.98. The summed E-state index contributed by atoms with van der Waals surface area (Å²) in [7, 11) is 0. The maximum absolute atomic E-state index is 12.2. The maximum atomic E-state index is 12.2. The van der Waals surface area contributed by atoms with Crippen molar-refractivity contribution < 1.29 is 19.1 Å². The largest absolute Gasteiger partial charge is 0.453 e. The smallest absolute Gasteiger partial charge is 0.307 e. The number of Topliss-reactive ketones (excluding diaryl/α,β-unsaturated/α-hetero) is 1. The van der Waals surface area contributed by atoms with Gasteiger partial charge in [-0.25, -0.2) is 0 Å². The highest BCUT2D eigenvalue weighted by molar-refractivity contribution is 7.18. The normalized spacial score (nSPS) is 12.8. The molecule has 1 aromatic heterocycles. The van der Waals surface area contributed by atoms with E-state index in [4.69, 9.17) is 16.3 Å². The Hall–Kier alpha value is -2.18. The van der Waals surface area contributed by atoms with Crippen LogP contribution in [0.5, 0.6) is 0 Å². The summed E-state index contributed by atoms with van der Waals surface area (Å²) < 4.78 is 5.67. The molecule has 1 amide bonds. The van der Waals surface area contributed by atoms with Gasteiger partial charge < -0.3 is 10.1 Å². The molecular formula is C21H24ClNO4S. The van der Waals surface area contributed by atoms with Crippen LogP contribution in [0.25, 0.3) is 0 Å². The van der Waals surface area contributed by atoms with Crippen LogP contribution in [0.4, 0.5) is 0 Å². The Labute approximate surface area is 174 Å². The standard InChI is InChI=1S/C21H24ClNO4S/c1-14(8-9-16-6-4-3-5-7-16)23-21(26)15(2)27-20(25)13-10-17(24)18-11-12-19(22)28-18/h3-7,11-12,14-15H,8-10,13H2,1-2H3,(H,23,26)/t14-,15-/m0/s1. The van der Waals surface area contributed by atoms with Crippen molar-refractivity contribution in [3.63, 3.8) is 0 Å². The number of thiophene rings is 1. The molecule has 1 heterocycles. The van der Waals surface area contributed by atoms with Gasteiger partial charge in [0.15, 0.2) is 11.9 Å². The van der Waals surface area contributed by atoms with Crippen molar-refractivity contribution in [2.75, 3.05) is 0 Å². The summed E-state index contributed by atoms with van der Waals surface area (Å²) in [5, 5.41) is 2.85. The van der Waals surface area contributed by atoms with E-state index in [1.165, 1.54) is 23.8 Å². The average Bonchev–Trinajstić information content (AvgIpc) is 3.11. The van der Waals surface area contributed by atoms with Crippen molar-refractivity contribution >= 4 is 40.6 Å². The van der Waals surface area contributed by atoms with Crippen molar-refractivity contribution in [1.82, 2.24) is 5.32 Å². The molecule has 0 fully saturated rings. The molecule has 0 saturated heterocycles. The number of rotatable bonds is 10. The van der Waals surface area contributed by atoms with Gasteiger partial charge in [-0.15, -0.1) is 11.3 Å². The molecule has 0 aliphatic heterocycles. The van der Waals surface area contributed by atoms with Crippen molar-refractivity contribution in [3.05, 3.63) is 57.2 Å². The lowest BCUT2D eigenvalue weighted by atomic mass is 10.1. The minimum absolute atomic E-state index is 0.0253. The fourth-order valence-corrected chi connectivity index (χ4v) is 3.58. The van der Waals surface area contributed by atoms with Gasteiger partial charge in [-0.2, -0.15) is 0 Å². The lowest BCUT2D eigenvalue weighted by Gasteiger charge is -2.18. The number of hydrogen-bond donors (Lipinski definition) is 1. The fourth-order valence-electron chi connectivity index (χ4n) is 2.57. The Bertz CT molecular complexity index is 806. The monoisotopic (exact) mass is 421 g/mol. The number of benzene rings is 1. The Morgan fingerprint density at radius 3 is 2.43 bits per heavy atom. The number of halogens is 1. The van der Waals surface area contributed by atoms with Crippen LogP contribution < -0.4 is 5.32 Å². The zero-order valence-electron chi connectivity index (χ0n) is 15.9. The first-order valence-electron chi connectivity index (χ1n) is 9.17. The molecule has 7 heteroatoms. The summed E-state index contributed by atoms with van der Waals surface area (Å²) in [6, 6.07) is 13.3. The molecular weight excluding hydrogens is 398 g/mol. The lowest BCUT2D eigenvalue weighted by molar-refractivity contribution is -0.155. The second-order valence-electron chi connectivity index (χ2n) is 6.59. The third kappa shape index (κ3) is 7.44. The van der Waals surface area contributed by atoms with E-state index in [2.05, 4.69) is 5.32 Å². The minimum atomic E-state index is -0.905. The van der Waals surface area contributed by atoms with Crippen LogP contribution in [0.1, 0.15) is 48.3 Å². The molecule has 0 bridgehead atoms. The van der Waals surface area contributed by atoms with Crippen molar-refractivity contribution in [1.29, 1.82) is 0 Å². The Morgan fingerprint density at radius 1 is 1.07 bits per heavy atom. The van der Waals surface area contributed by atoms with Crippen LogP contribution in [0.15, 0.2) is 42.5 Å². The molecule has 1 N–H and O–H groups in total. The zero-order chi connectivity index (χ0) is 20.5. The topological polar surface area (TPSA) is 72.5 Å². The molecule has 150 valence electrons. The summed E-state index contributed by atoms with van der Waals surface area (Å²) in [5.41, 5.74) is 1.21. The van der Waals surface area contributed by atoms with E-state index in [0.29, 0.717) is 9.21 Å². The van der Waals surface area contributed by atoms with Gasteiger partial charge in [0.2, 0.25) is 0 Å². The molecule has 0 radical (unpaired) electrons. The molecule has 2 rings (SSSR count). The molecule has 0 spiro atoms. The van der Waals surface area contributed by atoms with Crippen LogP contribution in [0.3, 0.4) is 0 Å². The highest BCUT2D eigenvalue weighted by Crippen LogP contribution is 2.23. The van der Waals surface area contributed by atoms with E-state index >= 15 is 0 Å². The van der Waals surface area contributed by atoms with Gasteiger partial charge in [-0.05, 0) is 44.4 Å². The summed E-state index contributed by atoms with van der Waals surface area (Å²) in [6.45, 7) is 3.44. The molecule has 0 aliphatic carbocycles. The quantitative estimate of drug-likeness (QED) is 0.455. The van der Waals surface area contributed by atoms with Gasteiger partial charge >= 0.3 is 5.97 Å². The number of amides is 1. The Balaban J connectivity index is 1.68. The van der Waals surface area contributed by atoms with Crippen LogP contribution in [0.2, 0.25) is 4.34 Å². The van der Waals surface area contributed by atoms with E-state index in [-0.39, 0.29) is 30.6 Å². The molecule has 5 nitrogen and oxygen atoms in total. The van der Waals surface area contributed by atoms with Gasteiger partial charge in [0.25, 0.3) is 5.91 Å². The first-order chi connectivity index (χ1) is 13.3. The van der Waals surface area contributed by atoms with Crippen molar-refractivity contribution in [3.8, 4) is 0 Å². The number of esters is 1. The molecule has 2 aromatic rings. The highest BCUT2D eigenvalue weighted by atomic mass is 35.5. The van der Waals surface area contributed by atoms with E-state index in [1.54, 1.807) is 12.1 Å². The van der Waals surface area contributed by atoms with Crippen molar-refractivity contribution in [2.45, 2.75) is 51.7 Å². The Morgan fingerprint density at radius 2 is 1.79 bits per heavy atom. The SMILES string of the molecule is C[C@H](OC(=O)CCC(=O)c1ccc(Cl)s1)C(=O)N[C@@H](C)CCc1ccccc1. The third-order valence-electron chi connectivity index (χ3n) is 4.18.